The summed E-state index contributed by atoms with van der Waals surface area (Å²) in [5, 5.41) is 2.76. The fourth-order valence-corrected chi connectivity index (χ4v) is 2.11. The molecule has 1 aromatic carbocycles. The summed E-state index contributed by atoms with van der Waals surface area (Å²) in [5.41, 5.74) is -0.721. The summed E-state index contributed by atoms with van der Waals surface area (Å²) in [4.78, 5) is 24.9. The molecule has 0 unspecified atom stereocenters. The second kappa shape index (κ2) is 4.24. The largest absolute Gasteiger partial charge is 0.341 e. The van der Waals surface area contributed by atoms with Crippen molar-refractivity contribution in [2.45, 2.75) is 19.4 Å². The van der Waals surface area contributed by atoms with E-state index in [-0.39, 0.29) is 29.1 Å². The van der Waals surface area contributed by atoms with Crippen molar-refractivity contribution >= 4 is 29.1 Å². The number of amides is 2. The Balaban J connectivity index is 2.42. The summed E-state index contributed by atoms with van der Waals surface area (Å²) in [6, 6.07) is 3.78. The lowest BCUT2D eigenvalue weighted by molar-refractivity contribution is -0.134. The SMILES string of the molecule is CC1(C)NC(=O)CN(c2cc(F)cc(Cl)c2)C1=O. The zero-order valence-electron chi connectivity index (χ0n) is 9.96. The molecule has 1 aromatic rings. The highest BCUT2D eigenvalue weighted by Gasteiger charge is 2.39. The molecule has 0 aromatic heterocycles. The molecule has 1 N–H and O–H groups in total. The molecule has 2 rings (SSSR count). The Bertz CT molecular complexity index is 511. The summed E-state index contributed by atoms with van der Waals surface area (Å²) in [6.45, 7) is 3.06. The minimum atomic E-state index is -1.01. The van der Waals surface area contributed by atoms with Crippen LogP contribution in [0.15, 0.2) is 18.2 Å². The third-order valence-corrected chi connectivity index (χ3v) is 2.91. The number of hydrogen-bond donors (Lipinski definition) is 1. The van der Waals surface area contributed by atoms with Crippen molar-refractivity contribution in [3.05, 3.63) is 29.0 Å². The highest BCUT2D eigenvalue weighted by molar-refractivity contribution is 6.31. The van der Waals surface area contributed by atoms with Crippen LogP contribution in [-0.4, -0.2) is 23.9 Å². The molecule has 1 aliphatic heterocycles. The fraction of sp³-hybridized carbons (Fsp3) is 0.333. The third kappa shape index (κ3) is 2.31. The van der Waals surface area contributed by atoms with E-state index in [2.05, 4.69) is 5.32 Å². The molecule has 1 aliphatic rings. The van der Waals surface area contributed by atoms with Gasteiger partial charge in [0.15, 0.2) is 0 Å². The molecule has 2 amide bonds. The summed E-state index contributed by atoms with van der Waals surface area (Å²) in [7, 11) is 0. The average Bonchev–Trinajstić information content (AvgIpc) is 2.21. The van der Waals surface area contributed by atoms with Crippen molar-refractivity contribution < 1.29 is 14.0 Å². The summed E-state index contributed by atoms with van der Waals surface area (Å²) in [6.07, 6.45) is 0. The van der Waals surface area contributed by atoms with Crippen LogP contribution in [0.1, 0.15) is 13.8 Å². The van der Waals surface area contributed by atoms with Crippen LogP contribution in [0.2, 0.25) is 5.02 Å². The molecule has 0 atom stereocenters. The van der Waals surface area contributed by atoms with E-state index in [0.29, 0.717) is 0 Å². The lowest BCUT2D eigenvalue weighted by Gasteiger charge is -2.37. The molecular formula is C12H12ClFN2O2. The monoisotopic (exact) mass is 270 g/mol. The Morgan fingerprint density at radius 3 is 2.61 bits per heavy atom. The first kappa shape index (κ1) is 12.8. The number of nitrogens with one attached hydrogen (secondary N) is 1. The lowest BCUT2D eigenvalue weighted by Crippen LogP contribution is -2.64. The number of rotatable bonds is 1. The van der Waals surface area contributed by atoms with Gasteiger partial charge in [0.1, 0.15) is 17.9 Å². The van der Waals surface area contributed by atoms with Gasteiger partial charge in [-0.15, -0.1) is 0 Å². The van der Waals surface area contributed by atoms with Crippen LogP contribution in [0, 0.1) is 5.82 Å². The number of halogens is 2. The molecule has 0 aliphatic carbocycles. The second-order valence-corrected chi connectivity index (χ2v) is 5.13. The number of piperazine rings is 1. The highest BCUT2D eigenvalue weighted by Crippen LogP contribution is 2.25. The van der Waals surface area contributed by atoms with E-state index in [9.17, 15) is 14.0 Å². The van der Waals surface area contributed by atoms with E-state index in [0.717, 1.165) is 6.07 Å². The minimum absolute atomic E-state index is 0.137. The molecule has 0 radical (unpaired) electrons. The molecule has 1 fully saturated rings. The van der Waals surface area contributed by atoms with Crippen LogP contribution in [0.5, 0.6) is 0 Å². The van der Waals surface area contributed by atoms with Gasteiger partial charge in [0.05, 0.1) is 0 Å². The first-order valence-corrected chi connectivity index (χ1v) is 5.76. The summed E-state index contributed by atoms with van der Waals surface area (Å²) >= 11 is 5.75. The number of carbonyl (C=O) groups excluding carboxylic acids is 2. The van der Waals surface area contributed by atoms with Gasteiger partial charge in [-0.05, 0) is 32.0 Å². The number of benzene rings is 1. The zero-order chi connectivity index (χ0) is 13.5. The Hall–Kier alpha value is -1.62. The standard InChI is InChI=1S/C12H12ClFN2O2/c1-12(2)11(18)16(6-10(17)15-12)9-4-7(13)3-8(14)5-9/h3-5H,6H2,1-2H3,(H,15,17). The van der Waals surface area contributed by atoms with Gasteiger partial charge in [0.25, 0.3) is 5.91 Å². The molecule has 6 heteroatoms. The maximum atomic E-state index is 13.3. The third-order valence-electron chi connectivity index (χ3n) is 2.69. The maximum absolute atomic E-state index is 13.3. The van der Waals surface area contributed by atoms with Crippen molar-refractivity contribution in [2.24, 2.45) is 0 Å². The Morgan fingerprint density at radius 2 is 2.00 bits per heavy atom. The van der Waals surface area contributed by atoms with Gasteiger partial charge in [0.2, 0.25) is 5.91 Å². The second-order valence-electron chi connectivity index (χ2n) is 4.69. The Kier molecular flexibility index (Phi) is 3.02. The zero-order valence-corrected chi connectivity index (χ0v) is 10.7. The fourth-order valence-electron chi connectivity index (χ4n) is 1.90. The van der Waals surface area contributed by atoms with Gasteiger partial charge in [-0.3, -0.25) is 9.59 Å². The average molecular weight is 271 g/mol. The topological polar surface area (TPSA) is 49.4 Å². The highest BCUT2D eigenvalue weighted by atomic mass is 35.5. The minimum Gasteiger partial charge on any atom is -0.341 e. The summed E-state index contributed by atoms with van der Waals surface area (Å²) in [5.74, 6) is -1.14. The van der Waals surface area contributed by atoms with Crippen LogP contribution in [0.3, 0.4) is 0 Å². The van der Waals surface area contributed by atoms with Gasteiger partial charge in [-0.25, -0.2) is 4.39 Å². The van der Waals surface area contributed by atoms with E-state index >= 15 is 0 Å². The van der Waals surface area contributed by atoms with Crippen LogP contribution < -0.4 is 10.2 Å². The molecule has 0 saturated carbocycles. The first-order chi connectivity index (χ1) is 8.29. The predicted octanol–water partition coefficient (Wildman–Crippen LogP) is 1.72. The van der Waals surface area contributed by atoms with Crippen molar-refractivity contribution in [3.8, 4) is 0 Å². The normalized spacial score (nSPS) is 18.8. The molecule has 1 heterocycles. The Morgan fingerprint density at radius 1 is 1.33 bits per heavy atom. The van der Waals surface area contributed by atoms with E-state index in [4.69, 9.17) is 11.6 Å². The van der Waals surface area contributed by atoms with E-state index in [1.165, 1.54) is 17.0 Å². The van der Waals surface area contributed by atoms with E-state index in [1.807, 2.05) is 0 Å². The molecular weight excluding hydrogens is 259 g/mol. The van der Waals surface area contributed by atoms with Crippen molar-refractivity contribution in [3.63, 3.8) is 0 Å². The molecule has 0 bridgehead atoms. The van der Waals surface area contributed by atoms with Crippen LogP contribution in [0.25, 0.3) is 0 Å². The van der Waals surface area contributed by atoms with Crippen LogP contribution in [0.4, 0.5) is 10.1 Å². The van der Waals surface area contributed by atoms with Gasteiger partial charge in [0, 0.05) is 10.7 Å². The van der Waals surface area contributed by atoms with Gasteiger partial charge >= 0.3 is 0 Å². The molecule has 1 saturated heterocycles. The number of hydrogen-bond acceptors (Lipinski definition) is 2. The first-order valence-electron chi connectivity index (χ1n) is 5.39. The lowest BCUT2D eigenvalue weighted by atomic mass is 10.00. The van der Waals surface area contributed by atoms with Crippen LogP contribution >= 0.6 is 11.6 Å². The smallest absolute Gasteiger partial charge is 0.252 e. The summed E-state index contributed by atoms with van der Waals surface area (Å²) < 4.78 is 13.3. The predicted molar refractivity (Wildman–Crippen MR) is 66.0 cm³/mol. The quantitative estimate of drug-likeness (QED) is 0.845. The van der Waals surface area contributed by atoms with Gasteiger partial charge in [-0.2, -0.15) is 0 Å². The Labute approximate surface area is 109 Å². The maximum Gasteiger partial charge on any atom is 0.252 e. The van der Waals surface area contributed by atoms with Gasteiger partial charge in [-0.1, -0.05) is 11.6 Å². The number of anilines is 1. The van der Waals surface area contributed by atoms with E-state index < -0.39 is 11.4 Å². The van der Waals surface area contributed by atoms with Crippen LogP contribution in [-0.2, 0) is 9.59 Å². The molecule has 96 valence electrons. The molecule has 18 heavy (non-hydrogen) atoms. The molecule has 4 nitrogen and oxygen atoms in total. The van der Waals surface area contributed by atoms with Crippen molar-refractivity contribution in [1.29, 1.82) is 0 Å². The van der Waals surface area contributed by atoms with Crippen molar-refractivity contribution in [1.82, 2.24) is 5.32 Å². The van der Waals surface area contributed by atoms with Gasteiger partial charge < -0.3 is 10.2 Å². The number of nitrogens with zero attached hydrogens (tertiary/aromatic N) is 1. The molecule has 0 spiro atoms. The van der Waals surface area contributed by atoms with Crippen molar-refractivity contribution in [2.75, 3.05) is 11.4 Å². The van der Waals surface area contributed by atoms with E-state index in [1.54, 1.807) is 13.8 Å². The number of carbonyl (C=O) groups is 2.